The summed E-state index contributed by atoms with van der Waals surface area (Å²) in [6.07, 6.45) is 15.1. The minimum Gasteiger partial charge on any atom is -1.00 e. The van der Waals surface area contributed by atoms with Gasteiger partial charge >= 0.3 is 21.7 Å². The molecule has 2 nitrogen and oxygen atoms in total. The Morgan fingerprint density at radius 2 is 1.91 bits per heavy atom. The molecule has 0 aromatic rings. The molecule has 0 amide bonds. The van der Waals surface area contributed by atoms with E-state index in [0.717, 1.165) is 18.6 Å². The second kappa shape index (κ2) is 10.00. The minimum atomic E-state index is -0.682. The summed E-state index contributed by atoms with van der Waals surface area (Å²) in [5.41, 5.74) is 1.18. The Morgan fingerprint density at radius 1 is 1.23 bits per heavy atom. The van der Waals surface area contributed by atoms with Crippen LogP contribution in [-0.2, 0) is 31.2 Å². The number of hydrogen-bond donors (Lipinski definition) is 0. The van der Waals surface area contributed by atoms with Gasteiger partial charge in [0, 0.05) is 18.6 Å². The van der Waals surface area contributed by atoms with Gasteiger partial charge in [0.1, 0.15) is 0 Å². The topological polar surface area (TPSA) is 18.5 Å². The maximum Gasteiger partial charge on any atom is 3.00 e. The Hall–Kier alpha value is 0.0143. The van der Waals surface area contributed by atoms with Crippen LogP contribution in [0.2, 0.25) is 0 Å². The van der Waals surface area contributed by atoms with Crippen LogP contribution in [0.25, 0.3) is 0 Å². The predicted octanol–water partition coefficient (Wildman–Crippen LogP) is -1.68. The first-order chi connectivity index (χ1) is 8.98. The molecule has 121 valence electrons. The molecule has 0 aromatic heterocycles. The van der Waals surface area contributed by atoms with Crippen molar-refractivity contribution in [2.45, 2.75) is 46.3 Å². The fraction of sp³-hybridized carbons (Fsp3) is 0.529. The molecular formula is C17H23Cl2O2Ti. The zero-order chi connectivity index (χ0) is 13.9. The van der Waals surface area contributed by atoms with Gasteiger partial charge in [-0.3, -0.25) is 0 Å². The van der Waals surface area contributed by atoms with Gasteiger partial charge in [-0.1, -0.05) is 39.0 Å². The third-order valence-electron chi connectivity index (χ3n) is 3.32. The van der Waals surface area contributed by atoms with Gasteiger partial charge in [0.25, 0.3) is 0 Å². The molecule has 2 aliphatic rings. The molecular weight excluding hydrogens is 355 g/mol. The van der Waals surface area contributed by atoms with Crippen molar-refractivity contribution in [2.75, 3.05) is 6.61 Å². The van der Waals surface area contributed by atoms with E-state index >= 15 is 0 Å². The molecule has 1 radical (unpaired) electrons. The fourth-order valence-corrected chi connectivity index (χ4v) is 2.57. The number of ether oxygens (including phenoxy) is 2. The van der Waals surface area contributed by atoms with Crippen LogP contribution >= 0.6 is 0 Å². The summed E-state index contributed by atoms with van der Waals surface area (Å²) >= 11 is 0. The van der Waals surface area contributed by atoms with Gasteiger partial charge in [0.2, 0.25) is 5.79 Å². The molecule has 2 aliphatic carbocycles. The number of allylic oxidation sites excluding steroid dienone is 5. The molecule has 22 heavy (non-hydrogen) atoms. The van der Waals surface area contributed by atoms with Crippen molar-refractivity contribution < 1.29 is 56.0 Å². The molecule has 1 atom stereocenters. The first-order valence-electron chi connectivity index (χ1n) is 6.96. The molecule has 5 heteroatoms. The molecule has 0 bridgehead atoms. The molecule has 0 fully saturated rings. The molecule has 1 unspecified atom stereocenters. The van der Waals surface area contributed by atoms with Crippen molar-refractivity contribution in [3.8, 4) is 0 Å². The first kappa shape index (κ1) is 24.3. The van der Waals surface area contributed by atoms with E-state index in [2.05, 4.69) is 45.1 Å². The van der Waals surface area contributed by atoms with Crippen LogP contribution in [0.5, 0.6) is 0 Å². The number of rotatable bonds is 4. The maximum atomic E-state index is 6.20. The van der Waals surface area contributed by atoms with E-state index in [4.69, 9.17) is 9.47 Å². The summed E-state index contributed by atoms with van der Waals surface area (Å²) in [5, 5.41) is 0. The molecule has 0 spiro atoms. The molecule has 0 saturated heterocycles. The van der Waals surface area contributed by atoms with Crippen LogP contribution in [0.4, 0.5) is 0 Å². The first-order valence-corrected chi connectivity index (χ1v) is 6.96. The quantitative estimate of drug-likeness (QED) is 0.331. The van der Waals surface area contributed by atoms with Gasteiger partial charge in [-0.2, -0.15) is 12.2 Å². The fourth-order valence-electron chi connectivity index (χ4n) is 2.57. The van der Waals surface area contributed by atoms with Gasteiger partial charge < -0.3 is 34.3 Å². The van der Waals surface area contributed by atoms with Gasteiger partial charge in [-0.05, 0) is 18.1 Å². The minimum absolute atomic E-state index is 0. The third-order valence-corrected chi connectivity index (χ3v) is 3.32. The van der Waals surface area contributed by atoms with Crippen LogP contribution in [-0.4, -0.2) is 12.4 Å². The van der Waals surface area contributed by atoms with Gasteiger partial charge in [-0.25, -0.2) is 6.08 Å². The largest absolute Gasteiger partial charge is 3.00 e. The monoisotopic (exact) mass is 377 g/mol. The van der Waals surface area contributed by atoms with Crippen LogP contribution in [0.3, 0.4) is 0 Å². The zero-order valence-electron chi connectivity index (χ0n) is 13.6. The number of hydrogen-bond acceptors (Lipinski definition) is 2. The second-order valence-electron chi connectivity index (χ2n) is 5.90. The van der Waals surface area contributed by atoms with Crippen molar-refractivity contribution >= 4 is 0 Å². The zero-order valence-corrected chi connectivity index (χ0v) is 16.7. The van der Waals surface area contributed by atoms with E-state index in [9.17, 15) is 0 Å². The van der Waals surface area contributed by atoms with Crippen LogP contribution in [0, 0.1) is 11.5 Å². The summed E-state index contributed by atoms with van der Waals surface area (Å²) in [5.74, 6) is 0.109. The normalized spacial score (nSPS) is 22.7. The molecule has 0 heterocycles. The standard InChI is InChI=1S/C17H23O2.2ClH.Ti/c1-5-18-17(19-14-10-6-7-11-14)13-9-8-12-15(17)16(2,3)4;;;/h6,8-10,12H,5,7,13H2,1-4H3;2*1H;/q-1;;;+3/p-2. The van der Waals surface area contributed by atoms with Crippen molar-refractivity contribution in [1.29, 1.82) is 0 Å². The molecule has 0 N–H and O–H groups in total. The predicted molar refractivity (Wildman–Crippen MR) is 77.3 cm³/mol. The molecule has 0 saturated carbocycles. The van der Waals surface area contributed by atoms with E-state index in [1.165, 1.54) is 5.57 Å². The van der Waals surface area contributed by atoms with E-state index in [0.29, 0.717) is 6.61 Å². The SMILES string of the molecule is CCOC1(OC2=[C-]CC=C2)CC=CC=C1C(C)(C)C.[Cl-].[Cl-].[Ti+3]. The average Bonchev–Trinajstić information content (AvgIpc) is 2.81. The number of halogens is 2. The average molecular weight is 378 g/mol. The van der Waals surface area contributed by atoms with Crippen molar-refractivity contribution in [2.24, 2.45) is 5.41 Å². The Kier molecular flexibility index (Phi) is 11.0. The Morgan fingerprint density at radius 3 is 2.41 bits per heavy atom. The van der Waals surface area contributed by atoms with Gasteiger partial charge in [0.05, 0.1) is 0 Å². The van der Waals surface area contributed by atoms with Crippen molar-refractivity contribution in [1.82, 2.24) is 0 Å². The van der Waals surface area contributed by atoms with Crippen LogP contribution in [0.15, 0.2) is 41.7 Å². The van der Waals surface area contributed by atoms with Gasteiger partial charge in [-0.15, -0.1) is 6.42 Å². The molecule has 2 rings (SSSR count). The summed E-state index contributed by atoms with van der Waals surface area (Å²) in [4.78, 5) is 0. The van der Waals surface area contributed by atoms with Crippen LogP contribution < -0.4 is 24.8 Å². The Bertz CT molecular complexity index is 462. The van der Waals surface area contributed by atoms with E-state index in [1.54, 1.807) is 0 Å². The Balaban J connectivity index is 0. The van der Waals surface area contributed by atoms with E-state index in [1.807, 2.05) is 19.1 Å². The van der Waals surface area contributed by atoms with E-state index < -0.39 is 5.79 Å². The third kappa shape index (κ3) is 5.58. The van der Waals surface area contributed by atoms with E-state index in [-0.39, 0.29) is 51.9 Å². The van der Waals surface area contributed by atoms with Crippen LogP contribution in [0.1, 0.15) is 40.5 Å². The van der Waals surface area contributed by atoms with Crippen molar-refractivity contribution in [3.05, 3.63) is 47.8 Å². The summed E-state index contributed by atoms with van der Waals surface area (Å²) in [6, 6.07) is 0. The molecule has 0 aliphatic heterocycles. The van der Waals surface area contributed by atoms with Crippen molar-refractivity contribution in [3.63, 3.8) is 0 Å². The summed E-state index contributed by atoms with van der Waals surface area (Å²) in [7, 11) is 0. The smallest absolute Gasteiger partial charge is 1.00 e. The molecule has 0 aromatic carbocycles. The van der Waals surface area contributed by atoms with Gasteiger partial charge in [0.15, 0.2) is 0 Å². The maximum absolute atomic E-state index is 6.20. The summed E-state index contributed by atoms with van der Waals surface area (Å²) < 4.78 is 12.2. The second-order valence-corrected chi connectivity index (χ2v) is 5.90. The summed E-state index contributed by atoms with van der Waals surface area (Å²) in [6.45, 7) is 9.21. The Labute approximate surface area is 161 Å².